The summed E-state index contributed by atoms with van der Waals surface area (Å²) >= 11 is 0. The van der Waals surface area contributed by atoms with Gasteiger partial charge in [0.1, 0.15) is 0 Å². The molecule has 1 radical (unpaired) electrons. The van der Waals surface area contributed by atoms with Gasteiger partial charge in [-0.15, -0.1) is 35.4 Å². The quantitative estimate of drug-likeness (QED) is 0.139. The first-order valence-corrected chi connectivity index (χ1v) is 10.2. The van der Waals surface area contributed by atoms with E-state index in [-0.39, 0.29) is 44.7 Å². The Morgan fingerprint density at radius 3 is 1.56 bits per heavy atom. The van der Waals surface area contributed by atoms with Crippen LogP contribution in [0.4, 0.5) is 17.6 Å². The van der Waals surface area contributed by atoms with Gasteiger partial charge >= 0.3 is 0 Å². The molecule has 4 rings (SSSR count). The topological polar surface area (TPSA) is 72.9 Å². The van der Waals surface area contributed by atoms with Crippen molar-refractivity contribution in [3.05, 3.63) is 120 Å². The molecular weight excluding hydrogens is 657 g/mol. The number of hydrogen-bond donors (Lipinski definition) is 1. The van der Waals surface area contributed by atoms with Crippen molar-refractivity contribution in [2.75, 3.05) is 0 Å². The first-order chi connectivity index (χ1) is 16.6. The Bertz CT molecular complexity index is 1160. The normalized spacial score (nSPS) is 10.3. The minimum Gasteiger partial charge on any atom is -0.512 e. The second-order valence-electron chi connectivity index (χ2n) is 7.09. The minimum absolute atomic E-state index is 0. The maximum absolute atomic E-state index is 13.1. The van der Waals surface area contributed by atoms with Gasteiger partial charge in [-0.2, -0.15) is 22.3 Å². The summed E-state index contributed by atoms with van der Waals surface area (Å²) in [7, 11) is 0. The standard InChI is InChI=1S/2C10H7F2N2.C5H8O2.Ir/c2*11-9-3-2-8(10(12)6-9)7-14-5-1-4-13-14;1-4(6)3-5(2)7;/h2*1,3-6H,7H2;3,6H,1-2H3;/q2*-1;;/b;;4-3-;. The van der Waals surface area contributed by atoms with Crippen molar-refractivity contribution < 1.29 is 47.6 Å². The van der Waals surface area contributed by atoms with Crippen LogP contribution in [0.3, 0.4) is 0 Å². The number of aromatic nitrogens is 4. The third kappa shape index (κ3) is 11.2. The van der Waals surface area contributed by atoms with E-state index in [1.54, 1.807) is 46.3 Å². The first kappa shape index (κ1) is 30.5. The summed E-state index contributed by atoms with van der Waals surface area (Å²) in [4.78, 5) is 10.0. The Balaban J connectivity index is 0.000000283. The molecule has 0 bridgehead atoms. The van der Waals surface area contributed by atoms with E-state index in [0.717, 1.165) is 24.3 Å². The zero-order valence-corrected chi connectivity index (χ0v) is 21.6. The van der Waals surface area contributed by atoms with Crippen molar-refractivity contribution in [3.63, 3.8) is 0 Å². The van der Waals surface area contributed by atoms with Crippen LogP contribution in [0.5, 0.6) is 0 Å². The first-order valence-electron chi connectivity index (χ1n) is 10.2. The molecule has 0 unspecified atom stereocenters. The molecule has 2 heterocycles. The van der Waals surface area contributed by atoms with Gasteiger partial charge in [-0.1, -0.05) is 0 Å². The van der Waals surface area contributed by atoms with Gasteiger partial charge in [-0.25, -0.2) is 0 Å². The number of carbonyl (C=O) groups excluding carboxylic acids is 1. The molecule has 0 aliphatic rings. The number of hydrogen-bond acceptors (Lipinski definition) is 4. The molecule has 0 atom stereocenters. The van der Waals surface area contributed by atoms with Crippen LogP contribution in [0.2, 0.25) is 0 Å². The number of aliphatic hydroxyl groups excluding tert-OH is 1. The number of carbonyl (C=O) groups is 1. The fraction of sp³-hybridized carbons (Fsp3) is 0.160. The summed E-state index contributed by atoms with van der Waals surface area (Å²) in [5.41, 5.74) is 0.602. The predicted octanol–water partition coefficient (Wildman–Crippen LogP) is 5.05. The summed E-state index contributed by atoms with van der Waals surface area (Å²) in [5.74, 6) is -2.49. The molecule has 36 heavy (non-hydrogen) atoms. The number of halogens is 4. The van der Waals surface area contributed by atoms with E-state index in [1.165, 1.54) is 19.9 Å². The van der Waals surface area contributed by atoms with Gasteiger partial charge in [0.25, 0.3) is 0 Å². The average molecular weight is 679 g/mol. The molecule has 0 aliphatic carbocycles. The third-order valence-corrected chi connectivity index (χ3v) is 4.05. The van der Waals surface area contributed by atoms with Crippen LogP contribution < -0.4 is 0 Å². The van der Waals surface area contributed by atoms with Gasteiger partial charge in [0, 0.05) is 87.3 Å². The molecule has 0 fully saturated rings. The van der Waals surface area contributed by atoms with Crippen molar-refractivity contribution in [1.82, 2.24) is 19.6 Å². The van der Waals surface area contributed by atoms with Crippen molar-refractivity contribution in [2.24, 2.45) is 0 Å². The summed E-state index contributed by atoms with van der Waals surface area (Å²) in [5, 5.41) is 16.2. The van der Waals surface area contributed by atoms with Crippen LogP contribution >= 0.6 is 0 Å². The van der Waals surface area contributed by atoms with Gasteiger partial charge in [0.2, 0.25) is 0 Å². The molecule has 6 nitrogen and oxygen atoms in total. The molecule has 0 saturated carbocycles. The Hall–Kier alpha value is -3.56. The van der Waals surface area contributed by atoms with Crippen LogP contribution in [0.15, 0.2) is 73.0 Å². The van der Waals surface area contributed by atoms with E-state index < -0.39 is 23.3 Å². The second kappa shape index (κ2) is 15.4. The fourth-order valence-electron chi connectivity index (χ4n) is 2.60. The van der Waals surface area contributed by atoms with Gasteiger partial charge in [0.05, 0.1) is 5.76 Å². The molecule has 11 heteroatoms. The number of allylic oxidation sites excluding steroid dienone is 2. The van der Waals surface area contributed by atoms with E-state index in [9.17, 15) is 22.4 Å². The van der Waals surface area contributed by atoms with E-state index in [1.807, 2.05) is 0 Å². The zero-order valence-electron chi connectivity index (χ0n) is 19.3. The monoisotopic (exact) mass is 679 g/mol. The maximum Gasteiger partial charge on any atom is 0.155 e. The van der Waals surface area contributed by atoms with Crippen molar-refractivity contribution in [1.29, 1.82) is 0 Å². The Morgan fingerprint density at radius 1 is 0.889 bits per heavy atom. The molecule has 2 aromatic heterocycles. The van der Waals surface area contributed by atoms with E-state index in [4.69, 9.17) is 5.11 Å². The second-order valence-corrected chi connectivity index (χ2v) is 7.09. The van der Waals surface area contributed by atoms with Gasteiger partial charge in [-0.3, -0.25) is 31.7 Å². The van der Waals surface area contributed by atoms with Crippen molar-refractivity contribution in [3.8, 4) is 0 Å². The van der Waals surface area contributed by atoms with Crippen LogP contribution in [0.1, 0.15) is 25.0 Å². The number of rotatable bonds is 5. The Kier molecular flexibility index (Phi) is 13.1. The number of benzene rings is 2. The summed E-state index contributed by atoms with van der Waals surface area (Å²) in [6.45, 7) is 3.37. The molecule has 0 aliphatic heterocycles. The fourth-order valence-corrected chi connectivity index (χ4v) is 2.60. The molecular formula is C25H22F4IrN4O2-2. The van der Waals surface area contributed by atoms with E-state index in [0.29, 0.717) is 11.1 Å². The molecule has 193 valence electrons. The molecule has 1 N–H and O–H groups in total. The molecule has 0 saturated heterocycles. The van der Waals surface area contributed by atoms with Crippen LogP contribution in [0.25, 0.3) is 0 Å². The van der Waals surface area contributed by atoms with Gasteiger partial charge in [-0.05, 0) is 26.0 Å². The largest absolute Gasteiger partial charge is 0.512 e. The summed E-state index contributed by atoms with van der Waals surface area (Å²) in [6.07, 6.45) is 7.77. The van der Waals surface area contributed by atoms with Crippen molar-refractivity contribution in [2.45, 2.75) is 26.9 Å². The number of ketones is 1. The molecule has 2 aromatic carbocycles. The Labute approximate surface area is 219 Å². The SMILES string of the molecule is CC(=O)/C=C(/C)O.Fc1c[c-]c(Cn2cccn2)c(F)c1.Fc1c[c-]c(Cn2cccn2)c(F)c1.[Ir]. The van der Waals surface area contributed by atoms with E-state index in [2.05, 4.69) is 22.3 Å². The Morgan fingerprint density at radius 2 is 1.31 bits per heavy atom. The van der Waals surface area contributed by atoms with Crippen LogP contribution in [0, 0.1) is 35.4 Å². The smallest absolute Gasteiger partial charge is 0.155 e. The minimum atomic E-state index is -0.619. The van der Waals surface area contributed by atoms with Crippen molar-refractivity contribution >= 4 is 5.78 Å². The summed E-state index contributed by atoms with van der Waals surface area (Å²) in [6, 6.07) is 12.5. The predicted molar refractivity (Wildman–Crippen MR) is 120 cm³/mol. The zero-order chi connectivity index (χ0) is 25.8. The average Bonchev–Trinajstić information content (AvgIpc) is 3.46. The van der Waals surface area contributed by atoms with Crippen LogP contribution in [-0.2, 0) is 38.0 Å². The van der Waals surface area contributed by atoms with Gasteiger partial charge < -0.3 is 5.11 Å². The maximum atomic E-state index is 13.1. The molecule has 0 amide bonds. The molecule has 4 aromatic rings. The summed E-state index contributed by atoms with van der Waals surface area (Å²) < 4.78 is 54.4. The van der Waals surface area contributed by atoms with E-state index >= 15 is 0 Å². The van der Waals surface area contributed by atoms with Crippen LogP contribution in [-0.4, -0.2) is 30.5 Å². The van der Waals surface area contributed by atoms with Gasteiger partial charge in [0.15, 0.2) is 5.78 Å². The molecule has 0 spiro atoms. The number of nitrogens with zero attached hydrogens (tertiary/aromatic N) is 4. The number of aliphatic hydroxyl groups is 1. The third-order valence-electron chi connectivity index (χ3n) is 4.05.